The molecule has 0 amide bonds. The molecule has 0 nitrogen and oxygen atoms in total. The molecular weight excluding hydrogens is 192 g/mol. The van der Waals surface area contributed by atoms with Crippen LogP contribution in [0.15, 0.2) is 53.6 Å². The number of hydrogen-bond donors (Lipinski definition) is 0. The zero-order valence-electron chi connectivity index (χ0n) is 10.2. The Kier molecular flexibility index (Phi) is 3.61. The van der Waals surface area contributed by atoms with Crippen LogP contribution in [0.1, 0.15) is 32.3 Å². The third-order valence-electron chi connectivity index (χ3n) is 3.13. The molecule has 0 heteroatoms. The van der Waals surface area contributed by atoms with Crippen LogP contribution in [0.3, 0.4) is 0 Å². The summed E-state index contributed by atoms with van der Waals surface area (Å²) in [5, 5.41) is 0. The molecule has 16 heavy (non-hydrogen) atoms. The highest BCUT2D eigenvalue weighted by molar-refractivity contribution is 5.25. The lowest BCUT2D eigenvalue weighted by molar-refractivity contribution is 0.802. The van der Waals surface area contributed by atoms with Gasteiger partial charge in [-0.25, -0.2) is 0 Å². The van der Waals surface area contributed by atoms with Gasteiger partial charge in [0.1, 0.15) is 0 Å². The highest BCUT2D eigenvalue weighted by atomic mass is 14.1. The molecule has 1 atom stereocenters. The predicted octanol–water partition coefficient (Wildman–Crippen LogP) is 4.53. The standard InChI is InChI=1S/C16H20/c1-13-10-14(2)12-16(11-13)9-8-15-6-4-3-5-7-15/h3-7,10-11,13H,8-9,12H2,1-2H3. The molecule has 1 aliphatic rings. The summed E-state index contributed by atoms with van der Waals surface area (Å²) in [4.78, 5) is 0. The van der Waals surface area contributed by atoms with Crippen LogP contribution in [0, 0.1) is 5.92 Å². The first-order valence-corrected chi connectivity index (χ1v) is 6.15. The molecule has 0 heterocycles. The largest absolute Gasteiger partial charge is 0.0786 e. The lowest BCUT2D eigenvalue weighted by Gasteiger charge is -2.16. The maximum atomic E-state index is 2.43. The van der Waals surface area contributed by atoms with E-state index in [2.05, 4.69) is 56.3 Å². The van der Waals surface area contributed by atoms with Crippen molar-refractivity contribution in [1.82, 2.24) is 0 Å². The monoisotopic (exact) mass is 212 g/mol. The van der Waals surface area contributed by atoms with Gasteiger partial charge in [-0.3, -0.25) is 0 Å². The van der Waals surface area contributed by atoms with Crippen molar-refractivity contribution in [2.24, 2.45) is 5.92 Å². The second kappa shape index (κ2) is 5.16. The summed E-state index contributed by atoms with van der Waals surface area (Å²) >= 11 is 0. The van der Waals surface area contributed by atoms with Gasteiger partial charge in [-0.2, -0.15) is 0 Å². The number of hydrogen-bond acceptors (Lipinski definition) is 0. The zero-order valence-corrected chi connectivity index (χ0v) is 10.2. The molecule has 0 bridgehead atoms. The minimum absolute atomic E-state index is 0.625. The van der Waals surface area contributed by atoms with E-state index in [1.165, 1.54) is 30.4 Å². The second-order valence-corrected chi connectivity index (χ2v) is 4.86. The molecule has 0 spiro atoms. The predicted molar refractivity (Wildman–Crippen MR) is 70.4 cm³/mol. The summed E-state index contributed by atoms with van der Waals surface area (Å²) in [7, 11) is 0. The van der Waals surface area contributed by atoms with Crippen molar-refractivity contribution >= 4 is 0 Å². The first-order valence-electron chi connectivity index (χ1n) is 6.15. The SMILES string of the molecule is CC1=CC(C)C=C(CCc2ccccc2)C1. The topological polar surface area (TPSA) is 0 Å². The quantitative estimate of drug-likeness (QED) is 0.646. The van der Waals surface area contributed by atoms with Gasteiger partial charge in [-0.05, 0) is 37.7 Å². The van der Waals surface area contributed by atoms with Crippen LogP contribution in [0.5, 0.6) is 0 Å². The minimum Gasteiger partial charge on any atom is -0.0786 e. The normalized spacial score (nSPS) is 20.2. The third-order valence-corrected chi connectivity index (χ3v) is 3.13. The molecule has 1 aromatic rings. The van der Waals surface area contributed by atoms with Crippen molar-refractivity contribution < 1.29 is 0 Å². The van der Waals surface area contributed by atoms with Crippen LogP contribution in [-0.2, 0) is 6.42 Å². The van der Waals surface area contributed by atoms with Gasteiger partial charge in [0, 0.05) is 0 Å². The number of rotatable bonds is 3. The Morgan fingerprint density at radius 1 is 1.06 bits per heavy atom. The first kappa shape index (κ1) is 11.2. The van der Waals surface area contributed by atoms with Crippen molar-refractivity contribution in [3.63, 3.8) is 0 Å². The van der Waals surface area contributed by atoms with E-state index >= 15 is 0 Å². The summed E-state index contributed by atoms with van der Waals surface area (Å²) < 4.78 is 0. The number of allylic oxidation sites excluding steroid dienone is 4. The van der Waals surface area contributed by atoms with E-state index in [0.717, 1.165) is 0 Å². The molecular formula is C16H20. The Morgan fingerprint density at radius 3 is 2.50 bits per heavy atom. The van der Waals surface area contributed by atoms with Gasteiger partial charge in [0.15, 0.2) is 0 Å². The maximum absolute atomic E-state index is 2.43. The smallest absolute Gasteiger partial charge is 0.00764 e. The summed E-state index contributed by atoms with van der Waals surface area (Å²) in [6.07, 6.45) is 8.35. The van der Waals surface area contributed by atoms with E-state index in [-0.39, 0.29) is 0 Å². The fourth-order valence-electron chi connectivity index (χ4n) is 2.47. The molecule has 0 saturated heterocycles. The Bertz CT molecular complexity index is 395. The summed E-state index contributed by atoms with van der Waals surface area (Å²) in [6, 6.07) is 10.8. The van der Waals surface area contributed by atoms with E-state index < -0.39 is 0 Å². The van der Waals surface area contributed by atoms with Crippen molar-refractivity contribution in [1.29, 1.82) is 0 Å². The van der Waals surface area contributed by atoms with Crippen molar-refractivity contribution in [3.05, 3.63) is 59.2 Å². The second-order valence-electron chi connectivity index (χ2n) is 4.86. The third kappa shape index (κ3) is 3.10. The molecule has 2 rings (SSSR count). The van der Waals surface area contributed by atoms with Gasteiger partial charge in [0.25, 0.3) is 0 Å². The van der Waals surface area contributed by atoms with Crippen molar-refractivity contribution in [2.75, 3.05) is 0 Å². The van der Waals surface area contributed by atoms with Gasteiger partial charge >= 0.3 is 0 Å². The molecule has 1 aliphatic carbocycles. The van der Waals surface area contributed by atoms with Crippen LogP contribution in [0.25, 0.3) is 0 Å². The number of benzene rings is 1. The molecule has 1 unspecified atom stereocenters. The fourth-order valence-corrected chi connectivity index (χ4v) is 2.47. The lowest BCUT2D eigenvalue weighted by Crippen LogP contribution is -2.00. The van der Waals surface area contributed by atoms with Gasteiger partial charge in [-0.1, -0.05) is 60.6 Å². The fraction of sp³-hybridized carbons (Fsp3) is 0.375. The van der Waals surface area contributed by atoms with Crippen LogP contribution in [0.2, 0.25) is 0 Å². The van der Waals surface area contributed by atoms with E-state index in [1.54, 1.807) is 5.57 Å². The molecule has 0 N–H and O–H groups in total. The van der Waals surface area contributed by atoms with Gasteiger partial charge in [0.2, 0.25) is 0 Å². The zero-order chi connectivity index (χ0) is 11.4. The Labute approximate surface area is 98.7 Å². The molecule has 0 aliphatic heterocycles. The Hall–Kier alpha value is -1.30. The Morgan fingerprint density at radius 2 is 1.81 bits per heavy atom. The Balaban J connectivity index is 1.92. The molecule has 0 fully saturated rings. The average molecular weight is 212 g/mol. The minimum atomic E-state index is 0.625. The number of aryl methyl sites for hydroxylation is 1. The van der Waals surface area contributed by atoms with E-state index in [4.69, 9.17) is 0 Å². The average Bonchev–Trinajstić information content (AvgIpc) is 2.27. The molecule has 0 saturated carbocycles. The van der Waals surface area contributed by atoms with E-state index in [1.807, 2.05) is 0 Å². The molecule has 0 radical (unpaired) electrons. The molecule has 84 valence electrons. The molecule has 0 aromatic heterocycles. The van der Waals surface area contributed by atoms with Crippen molar-refractivity contribution in [2.45, 2.75) is 33.1 Å². The summed E-state index contributed by atoms with van der Waals surface area (Å²) in [5.74, 6) is 0.625. The maximum Gasteiger partial charge on any atom is -0.00764 e. The lowest BCUT2D eigenvalue weighted by atomic mass is 9.90. The van der Waals surface area contributed by atoms with Crippen molar-refractivity contribution in [3.8, 4) is 0 Å². The first-order chi connectivity index (χ1) is 7.74. The van der Waals surface area contributed by atoms with Crippen LogP contribution >= 0.6 is 0 Å². The van der Waals surface area contributed by atoms with Crippen LogP contribution < -0.4 is 0 Å². The summed E-state index contributed by atoms with van der Waals surface area (Å²) in [5.41, 5.74) is 4.58. The van der Waals surface area contributed by atoms with Gasteiger partial charge in [0.05, 0.1) is 0 Å². The van der Waals surface area contributed by atoms with Crippen LogP contribution in [-0.4, -0.2) is 0 Å². The highest BCUT2D eigenvalue weighted by Gasteiger charge is 2.08. The van der Waals surface area contributed by atoms with E-state index in [9.17, 15) is 0 Å². The van der Waals surface area contributed by atoms with Crippen LogP contribution in [0.4, 0.5) is 0 Å². The molecule has 1 aromatic carbocycles. The van der Waals surface area contributed by atoms with Gasteiger partial charge < -0.3 is 0 Å². The van der Waals surface area contributed by atoms with E-state index in [0.29, 0.717) is 5.92 Å². The van der Waals surface area contributed by atoms with Gasteiger partial charge in [-0.15, -0.1) is 0 Å². The summed E-state index contributed by atoms with van der Waals surface area (Å²) in [6.45, 7) is 4.51. The highest BCUT2D eigenvalue weighted by Crippen LogP contribution is 2.25.